The lowest BCUT2D eigenvalue weighted by atomic mass is 9.98. The molecule has 1 aromatic carbocycles. The van der Waals surface area contributed by atoms with Crippen LogP contribution in [0.15, 0.2) is 12.1 Å². The highest BCUT2D eigenvalue weighted by Gasteiger charge is 2.28. The zero-order chi connectivity index (χ0) is 14.6. The van der Waals surface area contributed by atoms with Crippen molar-refractivity contribution in [2.45, 2.75) is 38.4 Å². The van der Waals surface area contributed by atoms with Crippen molar-refractivity contribution in [3.63, 3.8) is 0 Å². The topological polar surface area (TPSA) is 38.0 Å². The molecule has 108 valence electrons. The average Bonchev–Trinajstić information content (AvgIpc) is 2.31. The van der Waals surface area contributed by atoms with Gasteiger partial charge in [-0.25, -0.2) is 8.78 Å². The van der Waals surface area contributed by atoms with Crippen molar-refractivity contribution in [2.24, 2.45) is 5.84 Å². The summed E-state index contributed by atoms with van der Waals surface area (Å²) in [7, 11) is 0. The van der Waals surface area contributed by atoms with Crippen molar-refractivity contribution in [3.8, 4) is 0 Å². The molecule has 0 amide bonds. The lowest BCUT2D eigenvalue weighted by Gasteiger charge is -2.19. The number of rotatable bonds is 5. The van der Waals surface area contributed by atoms with Gasteiger partial charge in [-0.3, -0.25) is 11.3 Å². The van der Waals surface area contributed by atoms with Crippen LogP contribution in [0, 0.1) is 18.6 Å². The van der Waals surface area contributed by atoms with Crippen LogP contribution in [0.3, 0.4) is 0 Å². The van der Waals surface area contributed by atoms with E-state index in [1.807, 2.05) is 0 Å². The van der Waals surface area contributed by atoms with Crippen LogP contribution in [-0.4, -0.2) is 6.18 Å². The van der Waals surface area contributed by atoms with Gasteiger partial charge in [0.15, 0.2) is 0 Å². The third-order valence-corrected chi connectivity index (χ3v) is 2.82. The molecular weight excluding hydrogens is 267 g/mol. The first-order valence-corrected chi connectivity index (χ1v) is 5.73. The van der Waals surface area contributed by atoms with E-state index in [9.17, 15) is 22.0 Å². The number of benzene rings is 1. The van der Waals surface area contributed by atoms with Gasteiger partial charge in [0, 0.05) is 12.0 Å². The maximum Gasteiger partial charge on any atom is 0.389 e. The number of nitrogens with one attached hydrogen (secondary N) is 1. The van der Waals surface area contributed by atoms with Gasteiger partial charge in [-0.1, -0.05) is 6.07 Å². The fraction of sp³-hybridized carbons (Fsp3) is 0.500. The highest BCUT2D eigenvalue weighted by Crippen LogP contribution is 2.29. The second kappa shape index (κ2) is 6.29. The molecule has 0 heterocycles. The molecule has 0 radical (unpaired) electrons. The van der Waals surface area contributed by atoms with Crippen LogP contribution in [-0.2, 0) is 0 Å². The predicted octanol–water partition coefficient (Wildman–Crippen LogP) is 3.51. The van der Waals surface area contributed by atoms with E-state index >= 15 is 0 Å². The molecule has 1 rings (SSSR count). The standard InChI is InChI=1S/C12H15F5N2/c1-7-4-5-8(13)10(11(7)14)9(19-18)3-2-6-12(15,16)17/h4-5,9,19H,2-3,6,18H2,1H3. The van der Waals surface area contributed by atoms with Crippen LogP contribution in [0.25, 0.3) is 0 Å². The van der Waals surface area contributed by atoms with Crippen molar-refractivity contribution in [3.05, 3.63) is 34.9 Å². The quantitative estimate of drug-likeness (QED) is 0.493. The molecule has 0 spiro atoms. The molecule has 0 aliphatic heterocycles. The Morgan fingerprint density at radius 2 is 1.89 bits per heavy atom. The Morgan fingerprint density at radius 1 is 1.26 bits per heavy atom. The highest BCUT2D eigenvalue weighted by molar-refractivity contribution is 5.29. The molecule has 0 saturated carbocycles. The SMILES string of the molecule is Cc1ccc(F)c(C(CCCC(F)(F)F)NN)c1F. The monoisotopic (exact) mass is 282 g/mol. The molecular formula is C12H15F5N2. The molecule has 7 heteroatoms. The van der Waals surface area contributed by atoms with Gasteiger partial charge in [0.1, 0.15) is 11.6 Å². The third kappa shape index (κ3) is 4.43. The van der Waals surface area contributed by atoms with Gasteiger partial charge in [0.2, 0.25) is 0 Å². The van der Waals surface area contributed by atoms with Gasteiger partial charge >= 0.3 is 6.18 Å². The van der Waals surface area contributed by atoms with Crippen molar-refractivity contribution in [2.75, 3.05) is 0 Å². The van der Waals surface area contributed by atoms with Gasteiger partial charge in [0.25, 0.3) is 0 Å². The summed E-state index contributed by atoms with van der Waals surface area (Å²) in [5.41, 5.74) is 2.07. The summed E-state index contributed by atoms with van der Waals surface area (Å²) in [4.78, 5) is 0. The first-order chi connectivity index (χ1) is 8.76. The van der Waals surface area contributed by atoms with Crippen LogP contribution in [0.5, 0.6) is 0 Å². The van der Waals surface area contributed by atoms with Crippen molar-refractivity contribution in [1.29, 1.82) is 0 Å². The normalized spacial score (nSPS) is 13.6. The Labute approximate surface area is 107 Å². The average molecular weight is 282 g/mol. The molecule has 0 saturated heterocycles. The van der Waals surface area contributed by atoms with E-state index in [1.54, 1.807) is 0 Å². The van der Waals surface area contributed by atoms with E-state index in [2.05, 4.69) is 5.43 Å². The Bertz CT molecular complexity index is 431. The molecule has 19 heavy (non-hydrogen) atoms. The summed E-state index contributed by atoms with van der Waals surface area (Å²) in [5, 5.41) is 0. The van der Waals surface area contributed by atoms with Crippen LogP contribution >= 0.6 is 0 Å². The van der Waals surface area contributed by atoms with E-state index in [0.29, 0.717) is 0 Å². The Morgan fingerprint density at radius 3 is 2.42 bits per heavy atom. The molecule has 0 fully saturated rings. The summed E-state index contributed by atoms with van der Waals surface area (Å²) >= 11 is 0. The number of nitrogens with two attached hydrogens (primary N) is 1. The molecule has 0 aliphatic carbocycles. The number of alkyl halides is 3. The number of hydrogen-bond acceptors (Lipinski definition) is 2. The summed E-state index contributed by atoms with van der Waals surface area (Å²) in [6.07, 6.45) is -5.67. The highest BCUT2D eigenvalue weighted by atomic mass is 19.4. The van der Waals surface area contributed by atoms with E-state index in [-0.39, 0.29) is 24.0 Å². The van der Waals surface area contributed by atoms with Crippen LogP contribution < -0.4 is 11.3 Å². The summed E-state index contributed by atoms with van der Waals surface area (Å²) in [6, 6.07) is 1.35. The van der Waals surface area contributed by atoms with Gasteiger partial charge in [-0.2, -0.15) is 13.2 Å². The molecule has 1 aromatic rings. The molecule has 2 nitrogen and oxygen atoms in total. The van der Waals surface area contributed by atoms with Crippen LogP contribution in [0.4, 0.5) is 22.0 Å². The van der Waals surface area contributed by atoms with Crippen molar-refractivity contribution >= 4 is 0 Å². The fourth-order valence-electron chi connectivity index (χ4n) is 1.82. The molecule has 0 aromatic heterocycles. The summed E-state index contributed by atoms with van der Waals surface area (Å²) in [5.74, 6) is 3.57. The predicted molar refractivity (Wildman–Crippen MR) is 61.1 cm³/mol. The van der Waals surface area contributed by atoms with E-state index in [0.717, 1.165) is 6.07 Å². The number of aryl methyl sites for hydroxylation is 1. The van der Waals surface area contributed by atoms with Gasteiger partial charge < -0.3 is 0 Å². The summed E-state index contributed by atoms with van der Waals surface area (Å²) < 4.78 is 63.5. The minimum absolute atomic E-state index is 0.104. The second-order valence-corrected chi connectivity index (χ2v) is 4.32. The molecule has 0 aliphatic rings. The Balaban J connectivity index is 2.83. The first kappa shape index (κ1) is 15.8. The van der Waals surface area contributed by atoms with E-state index in [1.165, 1.54) is 13.0 Å². The number of halogens is 5. The zero-order valence-electron chi connectivity index (χ0n) is 10.3. The van der Waals surface area contributed by atoms with Crippen molar-refractivity contribution in [1.82, 2.24) is 5.43 Å². The number of hydrogen-bond donors (Lipinski definition) is 2. The number of hydrazine groups is 1. The maximum atomic E-state index is 13.8. The van der Waals surface area contributed by atoms with Crippen LogP contribution in [0.1, 0.15) is 36.4 Å². The van der Waals surface area contributed by atoms with Gasteiger partial charge in [0.05, 0.1) is 6.04 Å². The molecule has 3 N–H and O–H groups in total. The van der Waals surface area contributed by atoms with E-state index < -0.39 is 30.3 Å². The maximum absolute atomic E-state index is 13.8. The minimum Gasteiger partial charge on any atom is -0.271 e. The minimum atomic E-state index is -4.29. The van der Waals surface area contributed by atoms with Gasteiger partial charge in [-0.15, -0.1) is 0 Å². The van der Waals surface area contributed by atoms with Gasteiger partial charge in [-0.05, 0) is 31.4 Å². The fourth-order valence-corrected chi connectivity index (χ4v) is 1.82. The van der Waals surface area contributed by atoms with Crippen molar-refractivity contribution < 1.29 is 22.0 Å². The largest absolute Gasteiger partial charge is 0.389 e. The van der Waals surface area contributed by atoms with Crippen LogP contribution in [0.2, 0.25) is 0 Å². The third-order valence-electron chi connectivity index (χ3n) is 2.82. The molecule has 1 unspecified atom stereocenters. The Hall–Kier alpha value is -1.21. The Kier molecular flexibility index (Phi) is 5.25. The van der Waals surface area contributed by atoms with E-state index in [4.69, 9.17) is 5.84 Å². The molecule has 1 atom stereocenters. The smallest absolute Gasteiger partial charge is 0.271 e. The zero-order valence-corrected chi connectivity index (χ0v) is 10.3. The first-order valence-electron chi connectivity index (χ1n) is 5.73. The second-order valence-electron chi connectivity index (χ2n) is 4.32. The lowest BCUT2D eigenvalue weighted by molar-refractivity contribution is -0.135. The lowest BCUT2D eigenvalue weighted by Crippen LogP contribution is -2.30. The summed E-state index contributed by atoms with van der Waals surface area (Å²) in [6.45, 7) is 1.45. The molecule has 0 bridgehead atoms.